The number of aliphatic carboxylic acids is 2. The summed E-state index contributed by atoms with van der Waals surface area (Å²) in [6.45, 7) is 1.28. The van der Waals surface area contributed by atoms with E-state index < -0.39 is 29.8 Å². The van der Waals surface area contributed by atoms with Crippen LogP contribution in [-0.4, -0.2) is 50.7 Å². The van der Waals surface area contributed by atoms with Gasteiger partial charge < -0.3 is 10.2 Å². The van der Waals surface area contributed by atoms with Gasteiger partial charge in [-0.25, -0.2) is 4.79 Å². The second-order valence-corrected chi connectivity index (χ2v) is 3.71. The van der Waals surface area contributed by atoms with Crippen LogP contribution in [0.15, 0.2) is 12.2 Å². The number of rotatable bonds is 4. The van der Waals surface area contributed by atoms with E-state index in [0.29, 0.717) is 10.7 Å². The zero-order valence-electron chi connectivity index (χ0n) is 9.57. The highest BCUT2D eigenvalue weighted by atomic mass is 32.1. The number of imide groups is 1. The summed E-state index contributed by atoms with van der Waals surface area (Å²) in [5.41, 5.74) is 0. The number of carboxylic acids is 2. The van der Waals surface area contributed by atoms with Gasteiger partial charge in [-0.1, -0.05) is 0 Å². The molecule has 0 saturated heterocycles. The number of carboxylic acid groups (broad SMARTS) is 2. The monoisotopic (exact) mass is 275 g/mol. The summed E-state index contributed by atoms with van der Waals surface area (Å²) in [6.07, 6.45) is 2.27. The van der Waals surface area contributed by atoms with E-state index >= 15 is 0 Å². The summed E-state index contributed by atoms with van der Waals surface area (Å²) < 4.78 is 0. The molecule has 18 heavy (non-hydrogen) atoms. The zero-order valence-corrected chi connectivity index (χ0v) is 10.5. The summed E-state index contributed by atoms with van der Waals surface area (Å²) in [6, 6.07) is -1.10. The zero-order chi connectivity index (χ0) is 14.3. The minimum Gasteiger partial charge on any atom is -0.481 e. The van der Waals surface area contributed by atoms with Crippen LogP contribution in [0.4, 0.5) is 0 Å². The van der Waals surface area contributed by atoms with Crippen LogP contribution >= 0.6 is 12.6 Å². The van der Waals surface area contributed by atoms with E-state index in [2.05, 4.69) is 12.6 Å². The first-order valence-corrected chi connectivity index (χ1v) is 5.55. The van der Waals surface area contributed by atoms with Crippen molar-refractivity contribution in [2.24, 2.45) is 0 Å². The fraction of sp³-hybridized carbons (Fsp3) is 0.400. The quantitative estimate of drug-likeness (QED) is 0.483. The second kappa shape index (κ2) is 7.49. The van der Waals surface area contributed by atoms with E-state index in [-0.39, 0.29) is 6.42 Å². The normalized spacial score (nSPS) is 15.1. The third-order valence-electron chi connectivity index (χ3n) is 1.91. The summed E-state index contributed by atoms with van der Waals surface area (Å²) in [5, 5.41) is 16.4. The minimum absolute atomic E-state index is 0.156. The van der Waals surface area contributed by atoms with Crippen LogP contribution in [0.1, 0.15) is 13.3 Å². The highest BCUT2D eigenvalue weighted by molar-refractivity contribution is 7.80. The van der Waals surface area contributed by atoms with Crippen LogP contribution < -0.4 is 0 Å². The molecule has 0 aromatic rings. The van der Waals surface area contributed by atoms with Gasteiger partial charge in [-0.2, -0.15) is 12.6 Å². The molecule has 1 rings (SSSR count). The first kappa shape index (κ1) is 16.2. The van der Waals surface area contributed by atoms with Crippen LogP contribution in [-0.2, 0) is 19.2 Å². The molecular formula is C10H13NO6S. The van der Waals surface area contributed by atoms with Crippen molar-refractivity contribution in [3.05, 3.63) is 12.2 Å². The highest BCUT2D eigenvalue weighted by Crippen LogP contribution is 2.08. The largest absolute Gasteiger partial charge is 0.481 e. The summed E-state index contributed by atoms with van der Waals surface area (Å²) in [5.74, 6) is -2.70. The van der Waals surface area contributed by atoms with E-state index in [1.54, 1.807) is 0 Å². The fourth-order valence-corrected chi connectivity index (χ4v) is 1.19. The van der Waals surface area contributed by atoms with Crippen molar-refractivity contribution in [1.29, 1.82) is 0 Å². The first-order valence-electron chi connectivity index (χ1n) is 4.92. The number of nitrogens with zero attached hydrogens (tertiary/aromatic N) is 1. The molecule has 0 fully saturated rings. The lowest BCUT2D eigenvalue weighted by Crippen LogP contribution is -2.42. The Labute approximate surface area is 108 Å². The topological polar surface area (TPSA) is 112 Å². The van der Waals surface area contributed by atoms with Crippen molar-refractivity contribution >= 4 is 36.4 Å². The molecule has 7 nitrogen and oxygen atoms in total. The number of carbonyl (C=O) groups is 4. The Morgan fingerprint density at radius 2 is 1.72 bits per heavy atom. The number of hydrogen-bond acceptors (Lipinski definition) is 5. The van der Waals surface area contributed by atoms with E-state index in [1.807, 2.05) is 0 Å². The van der Waals surface area contributed by atoms with Crippen molar-refractivity contribution < 1.29 is 29.4 Å². The number of thiol groups is 1. The van der Waals surface area contributed by atoms with Gasteiger partial charge in [0.2, 0.25) is 0 Å². The van der Waals surface area contributed by atoms with Gasteiger partial charge in [-0.3, -0.25) is 19.3 Å². The molecule has 1 heterocycles. The molecule has 1 unspecified atom stereocenters. The Morgan fingerprint density at radius 3 is 1.94 bits per heavy atom. The summed E-state index contributed by atoms with van der Waals surface area (Å²) >= 11 is 3.68. The molecule has 0 saturated carbocycles. The van der Waals surface area contributed by atoms with Crippen LogP contribution in [0.3, 0.4) is 0 Å². The van der Waals surface area contributed by atoms with E-state index in [1.165, 1.54) is 6.92 Å². The van der Waals surface area contributed by atoms with Gasteiger partial charge in [0, 0.05) is 17.9 Å². The molecule has 100 valence electrons. The first-order chi connectivity index (χ1) is 8.31. The van der Waals surface area contributed by atoms with Crippen molar-refractivity contribution in [3.8, 4) is 0 Å². The maximum absolute atomic E-state index is 10.9. The lowest BCUT2D eigenvalue weighted by molar-refractivity contribution is -0.152. The molecule has 0 aromatic heterocycles. The summed E-state index contributed by atoms with van der Waals surface area (Å²) in [4.78, 5) is 42.4. The van der Waals surface area contributed by atoms with Crippen molar-refractivity contribution in [2.75, 3.05) is 5.75 Å². The average molecular weight is 275 g/mol. The van der Waals surface area contributed by atoms with Crippen LogP contribution in [0.25, 0.3) is 0 Å². The number of amides is 2. The third-order valence-corrected chi connectivity index (χ3v) is 2.14. The summed E-state index contributed by atoms with van der Waals surface area (Å²) in [7, 11) is 0. The molecule has 2 amide bonds. The Balaban J connectivity index is 0.000000411. The molecule has 1 aliphatic rings. The Hall–Kier alpha value is -1.83. The average Bonchev–Trinajstić information content (AvgIpc) is 2.58. The van der Waals surface area contributed by atoms with Crippen LogP contribution in [0, 0.1) is 0 Å². The Morgan fingerprint density at radius 1 is 1.28 bits per heavy atom. The molecular weight excluding hydrogens is 262 g/mol. The Bertz CT molecular complexity index is 374. The predicted octanol–water partition coefficient (Wildman–Crippen LogP) is -0.225. The lowest BCUT2D eigenvalue weighted by atomic mass is 10.3. The lowest BCUT2D eigenvalue weighted by Gasteiger charge is -2.17. The van der Waals surface area contributed by atoms with Gasteiger partial charge in [0.25, 0.3) is 11.8 Å². The molecule has 0 bridgehead atoms. The minimum atomic E-state index is -1.19. The second-order valence-electron chi connectivity index (χ2n) is 3.26. The molecule has 0 aliphatic carbocycles. The smallest absolute Gasteiger partial charge is 0.326 e. The van der Waals surface area contributed by atoms with Gasteiger partial charge in [0.15, 0.2) is 0 Å². The van der Waals surface area contributed by atoms with Gasteiger partial charge in [-0.15, -0.1) is 0 Å². The number of carbonyl (C=O) groups excluding carboxylic acids is 2. The fourth-order valence-electron chi connectivity index (χ4n) is 1.000. The molecule has 0 radical (unpaired) electrons. The molecule has 1 aliphatic heterocycles. The van der Waals surface area contributed by atoms with Crippen molar-refractivity contribution in [2.45, 2.75) is 19.4 Å². The SMILES string of the molecule is CC(C(=O)O)N1C(=O)C=CC1=O.O=C(O)CCS. The highest BCUT2D eigenvalue weighted by Gasteiger charge is 2.32. The maximum atomic E-state index is 10.9. The predicted molar refractivity (Wildman–Crippen MR) is 64.2 cm³/mol. The standard InChI is InChI=1S/C7H7NO4.C3H6O2S/c1-4(7(11)12)8-5(9)2-3-6(8)10;4-3(5)1-2-6/h2-4H,1H3,(H,11,12);6H,1-2H2,(H,4,5). The van der Waals surface area contributed by atoms with Gasteiger partial charge >= 0.3 is 11.9 Å². The van der Waals surface area contributed by atoms with Crippen LogP contribution in [0.2, 0.25) is 0 Å². The van der Waals surface area contributed by atoms with Crippen LogP contribution in [0.5, 0.6) is 0 Å². The molecule has 1 atom stereocenters. The van der Waals surface area contributed by atoms with E-state index in [9.17, 15) is 19.2 Å². The van der Waals surface area contributed by atoms with Crippen molar-refractivity contribution in [3.63, 3.8) is 0 Å². The van der Waals surface area contributed by atoms with Crippen molar-refractivity contribution in [1.82, 2.24) is 4.90 Å². The molecule has 0 spiro atoms. The Kier molecular flexibility index (Phi) is 6.73. The molecule has 2 N–H and O–H groups in total. The van der Waals surface area contributed by atoms with E-state index in [0.717, 1.165) is 12.2 Å². The molecule has 8 heteroatoms. The van der Waals surface area contributed by atoms with Gasteiger partial charge in [0.1, 0.15) is 6.04 Å². The van der Waals surface area contributed by atoms with Gasteiger partial charge in [0.05, 0.1) is 6.42 Å². The molecule has 0 aromatic carbocycles. The van der Waals surface area contributed by atoms with E-state index in [4.69, 9.17) is 10.2 Å². The number of hydrogen-bond donors (Lipinski definition) is 3. The van der Waals surface area contributed by atoms with Gasteiger partial charge in [-0.05, 0) is 6.92 Å². The maximum Gasteiger partial charge on any atom is 0.326 e. The third kappa shape index (κ3) is 5.00.